The minimum atomic E-state index is 0.179. The summed E-state index contributed by atoms with van der Waals surface area (Å²) in [5, 5.41) is 3.33. The number of nitrogens with one attached hydrogen (secondary N) is 1. The third kappa shape index (κ3) is 5.05. The molecule has 0 spiro atoms. The fourth-order valence-corrected chi connectivity index (χ4v) is 2.49. The second kappa shape index (κ2) is 8.67. The number of aryl methyl sites for hydroxylation is 1. The Balaban J connectivity index is 2.74. The number of likely N-dealkylation sites (N-methyl/N-ethyl adjacent to an activating group) is 2. The van der Waals surface area contributed by atoms with Crippen molar-refractivity contribution in [1.29, 1.82) is 0 Å². The molecule has 0 aromatic heterocycles. The zero-order valence-corrected chi connectivity index (χ0v) is 14.1. The van der Waals surface area contributed by atoms with E-state index in [1.807, 2.05) is 30.7 Å². The molecule has 21 heavy (non-hydrogen) atoms. The zero-order chi connectivity index (χ0) is 15.8. The van der Waals surface area contributed by atoms with E-state index in [1.165, 1.54) is 11.1 Å². The number of anilines is 1. The maximum absolute atomic E-state index is 12.2. The van der Waals surface area contributed by atoms with Gasteiger partial charge in [0, 0.05) is 32.4 Å². The van der Waals surface area contributed by atoms with Gasteiger partial charge in [0.2, 0.25) is 5.91 Å². The van der Waals surface area contributed by atoms with Gasteiger partial charge in [-0.2, -0.15) is 0 Å². The molecule has 118 valence electrons. The van der Waals surface area contributed by atoms with Crippen molar-refractivity contribution in [3.05, 3.63) is 29.3 Å². The summed E-state index contributed by atoms with van der Waals surface area (Å²) >= 11 is 0. The van der Waals surface area contributed by atoms with Crippen molar-refractivity contribution >= 4 is 11.6 Å². The average Bonchev–Trinajstić information content (AvgIpc) is 2.46. The van der Waals surface area contributed by atoms with Crippen LogP contribution in [0.5, 0.6) is 0 Å². The highest BCUT2D eigenvalue weighted by molar-refractivity contribution is 5.81. The first-order valence-electron chi connectivity index (χ1n) is 7.82. The van der Waals surface area contributed by atoms with E-state index in [-0.39, 0.29) is 5.91 Å². The van der Waals surface area contributed by atoms with Gasteiger partial charge in [0.25, 0.3) is 0 Å². The molecule has 0 heterocycles. The maximum Gasteiger partial charge on any atom is 0.242 e. The van der Waals surface area contributed by atoms with Crippen molar-refractivity contribution in [2.45, 2.75) is 34.2 Å². The van der Waals surface area contributed by atoms with Gasteiger partial charge >= 0.3 is 0 Å². The van der Waals surface area contributed by atoms with E-state index in [0.717, 1.165) is 31.9 Å². The van der Waals surface area contributed by atoms with Crippen LogP contribution in [0.3, 0.4) is 0 Å². The van der Waals surface area contributed by atoms with Gasteiger partial charge in [0.15, 0.2) is 0 Å². The molecular formula is C17H29N3O. The Morgan fingerprint density at radius 1 is 1.19 bits per heavy atom. The van der Waals surface area contributed by atoms with Gasteiger partial charge in [0.05, 0.1) is 6.54 Å². The smallest absolute Gasteiger partial charge is 0.242 e. The zero-order valence-electron chi connectivity index (χ0n) is 14.1. The second-order valence-electron chi connectivity index (χ2n) is 5.32. The van der Waals surface area contributed by atoms with Crippen LogP contribution in [0.1, 0.15) is 31.9 Å². The number of carbonyl (C=O) groups excluding carboxylic acids is 1. The molecule has 4 nitrogen and oxygen atoms in total. The lowest BCUT2D eigenvalue weighted by molar-refractivity contribution is -0.129. The van der Waals surface area contributed by atoms with Gasteiger partial charge in [-0.1, -0.05) is 19.1 Å². The number of rotatable bonds is 8. The Morgan fingerprint density at radius 3 is 2.38 bits per heavy atom. The normalized spacial score (nSPS) is 10.5. The Morgan fingerprint density at radius 2 is 1.86 bits per heavy atom. The Labute approximate surface area is 129 Å². The minimum Gasteiger partial charge on any atom is -0.365 e. The highest BCUT2D eigenvalue weighted by Gasteiger charge is 2.14. The molecule has 1 N–H and O–H groups in total. The quantitative estimate of drug-likeness (QED) is 0.799. The fraction of sp³-hybridized carbons (Fsp3) is 0.588. The molecule has 4 heteroatoms. The van der Waals surface area contributed by atoms with E-state index >= 15 is 0 Å². The second-order valence-corrected chi connectivity index (χ2v) is 5.32. The summed E-state index contributed by atoms with van der Waals surface area (Å²) in [7, 11) is 1.98. The van der Waals surface area contributed by atoms with Gasteiger partial charge in [-0.25, -0.2) is 0 Å². The number of hydrogen-bond acceptors (Lipinski definition) is 3. The Hall–Kier alpha value is -1.55. The lowest BCUT2D eigenvalue weighted by atomic mass is 10.1. The van der Waals surface area contributed by atoms with Crippen molar-refractivity contribution in [3.8, 4) is 0 Å². The number of nitrogens with zero attached hydrogens (tertiary/aromatic N) is 2. The molecule has 0 bridgehead atoms. The summed E-state index contributed by atoms with van der Waals surface area (Å²) in [6, 6.07) is 6.43. The van der Waals surface area contributed by atoms with Crippen LogP contribution in [0, 0.1) is 6.92 Å². The van der Waals surface area contributed by atoms with Crippen LogP contribution in [-0.2, 0) is 11.3 Å². The van der Waals surface area contributed by atoms with Crippen LogP contribution in [0.4, 0.5) is 5.69 Å². The largest absolute Gasteiger partial charge is 0.365 e. The van der Waals surface area contributed by atoms with Gasteiger partial charge in [-0.15, -0.1) is 0 Å². The molecule has 0 fully saturated rings. The molecule has 0 saturated heterocycles. The first-order valence-corrected chi connectivity index (χ1v) is 7.82. The van der Waals surface area contributed by atoms with Crippen molar-refractivity contribution in [2.75, 3.05) is 38.1 Å². The molecule has 1 aromatic rings. The SMILES string of the molecule is CCNCc1ccc(N(C)CC(=O)N(CC)CC)c(C)c1. The highest BCUT2D eigenvalue weighted by atomic mass is 16.2. The molecule has 0 atom stereocenters. The summed E-state index contributed by atoms with van der Waals surface area (Å²) in [6.07, 6.45) is 0. The summed E-state index contributed by atoms with van der Waals surface area (Å²) in [4.78, 5) is 16.1. The molecule has 0 radical (unpaired) electrons. The van der Waals surface area contributed by atoms with Gasteiger partial charge in [-0.05, 0) is 44.5 Å². The standard InChI is InChI=1S/C17H29N3O/c1-6-18-12-15-9-10-16(14(4)11-15)19(5)13-17(21)20(7-2)8-3/h9-11,18H,6-8,12-13H2,1-5H3. The minimum absolute atomic E-state index is 0.179. The van der Waals surface area contributed by atoms with Crippen LogP contribution in [0.25, 0.3) is 0 Å². The van der Waals surface area contributed by atoms with Crippen molar-refractivity contribution in [1.82, 2.24) is 10.2 Å². The van der Waals surface area contributed by atoms with Crippen LogP contribution >= 0.6 is 0 Å². The summed E-state index contributed by atoms with van der Waals surface area (Å²) in [6.45, 7) is 12.1. The highest BCUT2D eigenvalue weighted by Crippen LogP contribution is 2.20. The van der Waals surface area contributed by atoms with Crippen molar-refractivity contribution in [2.24, 2.45) is 0 Å². The molecule has 0 aliphatic carbocycles. The molecule has 1 aromatic carbocycles. The average molecular weight is 291 g/mol. The monoisotopic (exact) mass is 291 g/mol. The van der Waals surface area contributed by atoms with Gasteiger partial charge in [-0.3, -0.25) is 4.79 Å². The van der Waals surface area contributed by atoms with Gasteiger partial charge in [0.1, 0.15) is 0 Å². The predicted molar refractivity (Wildman–Crippen MR) is 89.8 cm³/mol. The molecule has 1 rings (SSSR count). The summed E-state index contributed by atoms with van der Waals surface area (Å²) in [5.41, 5.74) is 3.61. The Bertz CT molecular complexity index is 455. The molecule has 0 aliphatic heterocycles. The summed E-state index contributed by atoms with van der Waals surface area (Å²) < 4.78 is 0. The number of amides is 1. The van der Waals surface area contributed by atoms with E-state index in [1.54, 1.807) is 0 Å². The Kier molecular flexibility index (Phi) is 7.23. The number of benzene rings is 1. The van der Waals surface area contributed by atoms with Crippen molar-refractivity contribution in [3.63, 3.8) is 0 Å². The third-order valence-corrected chi connectivity index (χ3v) is 3.74. The van der Waals surface area contributed by atoms with Crippen LogP contribution < -0.4 is 10.2 Å². The van der Waals surface area contributed by atoms with Crippen LogP contribution in [-0.4, -0.2) is 44.0 Å². The number of carbonyl (C=O) groups is 1. The van der Waals surface area contributed by atoms with Crippen LogP contribution in [0.2, 0.25) is 0 Å². The van der Waals surface area contributed by atoms with Gasteiger partial charge < -0.3 is 15.1 Å². The first-order chi connectivity index (χ1) is 10.0. The first kappa shape index (κ1) is 17.5. The lowest BCUT2D eigenvalue weighted by Gasteiger charge is -2.25. The number of hydrogen-bond donors (Lipinski definition) is 1. The maximum atomic E-state index is 12.2. The topological polar surface area (TPSA) is 35.6 Å². The molecule has 0 unspecified atom stereocenters. The molecule has 0 aliphatic rings. The van der Waals surface area contributed by atoms with Crippen LogP contribution in [0.15, 0.2) is 18.2 Å². The predicted octanol–water partition coefficient (Wildman–Crippen LogP) is 2.41. The van der Waals surface area contributed by atoms with E-state index in [4.69, 9.17) is 0 Å². The van der Waals surface area contributed by atoms with E-state index in [9.17, 15) is 4.79 Å². The molecular weight excluding hydrogens is 262 g/mol. The van der Waals surface area contributed by atoms with E-state index in [0.29, 0.717) is 6.54 Å². The molecule has 0 saturated carbocycles. The van der Waals surface area contributed by atoms with E-state index in [2.05, 4.69) is 37.4 Å². The van der Waals surface area contributed by atoms with Crippen molar-refractivity contribution < 1.29 is 4.79 Å². The molecule has 1 amide bonds. The lowest BCUT2D eigenvalue weighted by Crippen LogP contribution is -2.39. The fourth-order valence-electron chi connectivity index (χ4n) is 2.49. The van der Waals surface area contributed by atoms with E-state index < -0.39 is 0 Å². The summed E-state index contributed by atoms with van der Waals surface area (Å²) in [5.74, 6) is 0.179. The third-order valence-electron chi connectivity index (χ3n) is 3.74.